The van der Waals surface area contributed by atoms with Crippen LogP contribution in [0.25, 0.3) is 22.1 Å². The molecule has 2 aliphatic heterocycles. The molecule has 4 heterocycles. The summed E-state index contributed by atoms with van der Waals surface area (Å²) in [5.41, 5.74) is 11.0. The van der Waals surface area contributed by atoms with Crippen molar-refractivity contribution in [2.75, 3.05) is 48.8 Å². The maximum absolute atomic E-state index is 14.2. The van der Waals surface area contributed by atoms with E-state index in [9.17, 15) is 53.6 Å². The van der Waals surface area contributed by atoms with Gasteiger partial charge in [0, 0.05) is 76.4 Å². The minimum absolute atomic E-state index is 0. The van der Waals surface area contributed by atoms with Gasteiger partial charge in [0.25, 0.3) is 5.91 Å². The Morgan fingerprint density at radius 3 is 1.45 bits per heavy atom. The molecule has 0 atom stereocenters. The van der Waals surface area contributed by atoms with Gasteiger partial charge in [-0.2, -0.15) is 4.62 Å². The van der Waals surface area contributed by atoms with Gasteiger partial charge in [-0.1, -0.05) is 48.2 Å². The van der Waals surface area contributed by atoms with E-state index < -0.39 is 59.1 Å². The molecule has 2 aromatic heterocycles. The molecule has 0 radical (unpaired) electrons. The van der Waals surface area contributed by atoms with Gasteiger partial charge in [-0.25, -0.2) is 19.0 Å². The van der Waals surface area contributed by atoms with Gasteiger partial charge in [0.15, 0.2) is 0 Å². The number of nitrogens with one attached hydrogen (secondary N) is 3. The average Bonchev–Trinajstić information content (AvgIpc) is 3.26. The predicted molar refractivity (Wildman–Crippen MR) is 326 cm³/mol. The summed E-state index contributed by atoms with van der Waals surface area (Å²) >= 11 is 0. The first-order valence-electron chi connectivity index (χ1n) is 26.0. The second-order valence-corrected chi connectivity index (χ2v) is 27.4. The Morgan fingerprint density at radius 1 is 0.713 bits per heavy atom. The number of hydrogen-bond acceptors (Lipinski definition) is 19. The Labute approximate surface area is 508 Å². The third kappa shape index (κ3) is 26.6. The van der Waals surface area contributed by atoms with E-state index in [0.717, 1.165) is 28.5 Å². The standard InChI is InChI=1S/C12H16BFN2O3.C12H22N6OP.C8H6BFO4.C8H19N.C6H5N3O.C4H12N2.ClH.F6P.H2O/c1-12(2,3)16-15-11(17)8-5-4-7-6-19-13(18)9(7)10(8)14;1-15(2)20(16(3)4,17(5)6)19-18-12-10-8-7-9-11(12)13-14-18;10-7-5(8(11)12)2-1-4-3-14-9(13)6(4)7;1-6-9(7(2)3)8(4)5;10-9-6-4-2-1-3-5(6)7-8-9;1-4(2,3)6-5;;1-7(2,3,4,5)6;/h4-5,16,18H,6H2,1-3H3,(H,15,17);7-10H,1-6H3;1-2,13H,3H2,(H,11,12);7-8H,6H2,1-5H3;1-4,10H;6H,5H2,1-3H3;1H;;1H2/q;+1;;;;;;-1;. The second-order valence-electron chi connectivity index (χ2n) is 21.9. The number of para-hydroxylation sites is 2. The molecule has 0 fully saturated rings. The van der Waals surface area contributed by atoms with Crippen LogP contribution >= 0.6 is 28.2 Å². The summed E-state index contributed by atoms with van der Waals surface area (Å²) in [5, 5.41) is 51.7. The number of carboxylic acid groups (broad SMARTS) is 1. The minimum Gasteiger partial charge on any atom is -0.478 e. The molecule has 0 bridgehead atoms. The van der Waals surface area contributed by atoms with Crippen molar-refractivity contribution in [3.05, 3.63) is 107 Å². The average molecular weight is 1310 g/mol. The van der Waals surface area contributed by atoms with Gasteiger partial charge in [0.1, 0.15) is 33.7 Å². The molecule has 0 aliphatic carbocycles. The largest absolute Gasteiger partial charge is 0.494 e. The molecule has 0 saturated carbocycles. The third-order valence-corrected chi connectivity index (χ3v) is 14.9. The van der Waals surface area contributed by atoms with Crippen LogP contribution in [0, 0.1) is 11.6 Å². The molecule has 24 nitrogen and oxygen atoms in total. The number of fused-ring (bicyclic) bond motifs is 4. The fourth-order valence-electron chi connectivity index (χ4n) is 7.69. The van der Waals surface area contributed by atoms with E-state index in [-0.39, 0.29) is 58.7 Å². The van der Waals surface area contributed by atoms with Crippen molar-refractivity contribution in [2.45, 2.75) is 113 Å². The summed E-state index contributed by atoms with van der Waals surface area (Å²) in [4.78, 5) is 27.2. The van der Waals surface area contributed by atoms with Crippen LogP contribution in [-0.2, 0) is 22.5 Å². The summed E-state index contributed by atoms with van der Waals surface area (Å²) in [5.74, 6) is 1.45. The van der Waals surface area contributed by atoms with Crippen LogP contribution < -0.4 is 37.7 Å². The molecule has 492 valence electrons. The first-order valence-corrected chi connectivity index (χ1v) is 29.6. The van der Waals surface area contributed by atoms with Crippen LogP contribution in [0.3, 0.4) is 0 Å². The molecule has 8 rings (SSSR count). The molecule has 6 aromatic rings. The van der Waals surface area contributed by atoms with Crippen molar-refractivity contribution < 1.29 is 83.3 Å². The van der Waals surface area contributed by atoms with E-state index >= 15 is 0 Å². The van der Waals surface area contributed by atoms with Crippen LogP contribution in [0.5, 0.6) is 0 Å². The second kappa shape index (κ2) is 32.8. The summed E-state index contributed by atoms with van der Waals surface area (Å²) < 4.78 is 109. The summed E-state index contributed by atoms with van der Waals surface area (Å²) in [7, 11) is -3.43. The van der Waals surface area contributed by atoms with Gasteiger partial charge in [-0.3, -0.25) is 26.4 Å². The number of amides is 1. The molecule has 0 spiro atoms. The number of nitrogens with zero attached hydrogens (tertiary/aromatic N) is 10. The molecular weight excluding hydrogens is 1230 g/mol. The van der Waals surface area contributed by atoms with E-state index in [2.05, 4.69) is 90.4 Å². The minimum atomic E-state index is -10.7. The fourth-order valence-corrected chi connectivity index (χ4v) is 10.6. The maximum Gasteiger partial charge on any atom is 0.494 e. The number of aromatic carboxylic acids is 1. The zero-order valence-corrected chi connectivity index (χ0v) is 54.2. The zero-order chi connectivity index (χ0) is 65.4. The van der Waals surface area contributed by atoms with Crippen LogP contribution in [0.1, 0.15) is 108 Å². The Bertz CT molecular complexity index is 3090. The quantitative estimate of drug-likeness (QED) is 0.0161. The van der Waals surface area contributed by atoms with E-state index in [4.69, 9.17) is 30.1 Å². The monoisotopic (exact) mass is 1310 g/mol. The first-order chi connectivity index (χ1) is 38.8. The van der Waals surface area contributed by atoms with Crippen LogP contribution in [0.2, 0.25) is 0 Å². The molecule has 87 heavy (non-hydrogen) atoms. The van der Waals surface area contributed by atoms with Gasteiger partial charge < -0.3 is 35.1 Å². The molecule has 11 N–H and O–H groups in total. The Hall–Kier alpha value is -5.54. The number of halogens is 9. The number of carbonyl (C=O) groups excluding carboxylic acids is 1. The third-order valence-electron chi connectivity index (χ3n) is 11.4. The molecule has 0 saturated heterocycles. The van der Waals surface area contributed by atoms with Gasteiger partial charge >= 0.3 is 61.1 Å². The van der Waals surface area contributed by atoms with Crippen molar-refractivity contribution in [3.63, 3.8) is 0 Å². The van der Waals surface area contributed by atoms with Crippen LogP contribution in [-0.4, -0.2) is 173 Å². The first kappa shape index (κ1) is 81.5. The van der Waals surface area contributed by atoms with Crippen LogP contribution in [0.4, 0.5) is 34.0 Å². The van der Waals surface area contributed by atoms with Gasteiger partial charge in [-0.15, -0.1) is 36.6 Å². The Balaban J connectivity index is 0.00000103. The summed E-state index contributed by atoms with van der Waals surface area (Å²) in [6.45, 7) is 24.2. The topological polar surface area (TPSA) is 311 Å². The number of carboxylic acids is 1. The van der Waals surface area contributed by atoms with Crippen LogP contribution in [0.15, 0.2) is 72.8 Å². The van der Waals surface area contributed by atoms with Crippen molar-refractivity contribution in [2.24, 2.45) is 5.84 Å². The number of rotatable bonds is 11. The van der Waals surface area contributed by atoms with Gasteiger partial charge in [0.2, 0.25) is 0 Å². The maximum atomic E-state index is 14.2. The number of nitrogens with two attached hydrogens (primary N) is 1. The predicted octanol–water partition coefficient (Wildman–Crippen LogP) is 7.06. The molecule has 1 amide bonds. The number of aromatic nitrogens is 6. The van der Waals surface area contributed by atoms with E-state index in [1.807, 2.05) is 120 Å². The SMILES string of the molecule is CC(C)(C)NN.CC(C)(C)NNC(=O)c1ccc2c(c1F)B(O)OC2.CCN(C(C)C)C(C)C.CN(C)[P+](On1nnc2ccccc21)(N(C)C)N(C)C.Cl.F[P-](F)(F)(F)(F)F.O.O=C(O)c1ccc2c(c1F)B(O)OC2.On1nnc2ccccc21. The Morgan fingerprint density at radius 2 is 1.09 bits per heavy atom. The number of hydrogen-bond donors (Lipinski definition) is 8. The zero-order valence-electron chi connectivity index (χ0n) is 51.6. The van der Waals surface area contributed by atoms with Crippen molar-refractivity contribution in [1.29, 1.82) is 0 Å². The van der Waals surface area contributed by atoms with E-state index in [1.165, 1.54) is 17.0 Å². The van der Waals surface area contributed by atoms with E-state index in [0.29, 0.717) is 34.2 Å². The number of benzene rings is 4. The summed E-state index contributed by atoms with van der Waals surface area (Å²) in [6, 6.07) is 21.9. The van der Waals surface area contributed by atoms with E-state index in [1.54, 1.807) is 18.2 Å². The summed E-state index contributed by atoms with van der Waals surface area (Å²) in [6.07, 6.45) is 0. The smallest absolute Gasteiger partial charge is 0.478 e. The molecule has 0 unspecified atom stereocenters. The molecule has 4 aromatic carbocycles. The molecule has 37 heteroatoms. The number of carbonyl (C=O) groups is 2. The number of hydrazine groups is 2. The van der Waals surface area contributed by atoms with Crippen molar-refractivity contribution in [1.82, 2.24) is 65.5 Å². The Kier molecular flexibility index (Phi) is 30.7. The molecular formula is C50H83B2ClF8N14O10P2. The van der Waals surface area contributed by atoms with Crippen molar-refractivity contribution >= 4 is 87.3 Å². The van der Waals surface area contributed by atoms with Crippen molar-refractivity contribution in [3.8, 4) is 0 Å². The molecule has 2 aliphatic rings. The van der Waals surface area contributed by atoms with Gasteiger partial charge in [0.05, 0.1) is 24.3 Å². The van der Waals surface area contributed by atoms with Gasteiger partial charge in [-0.05, 0) is 139 Å². The fraction of sp³-hybridized carbons (Fsp3) is 0.480. The normalized spacial score (nSPS) is 13.5.